The summed E-state index contributed by atoms with van der Waals surface area (Å²) in [6.07, 6.45) is 2.06. The lowest BCUT2D eigenvalue weighted by Crippen LogP contribution is -1.98. The van der Waals surface area contributed by atoms with Crippen LogP contribution in [0.4, 0.5) is 0 Å². The number of aromatic nitrogens is 2. The maximum Gasteiger partial charge on any atom is 0.144 e. The Balaban J connectivity index is 2.08. The van der Waals surface area contributed by atoms with Crippen LogP contribution in [0, 0.1) is 13.8 Å². The molecule has 0 saturated heterocycles. The third kappa shape index (κ3) is 2.89. The van der Waals surface area contributed by atoms with Gasteiger partial charge in [0.05, 0.1) is 18.0 Å². The number of hydrogen-bond donors (Lipinski definition) is 0. The van der Waals surface area contributed by atoms with Crippen LogP contribution in [0.5, 0.6) is 5.75 Å². The Hall–Kier alpha value is -2.55. The van der Waals surface area contributed by atoms with E-state index in [0.29, 0.717) is 6.61 Å². The minimum absolute atomic E-state index is 0.664. The Kier molecular flexibility index (Phi) is 3.96. The Bertz CT molecular complexity index is 772. The molecule has 1 aromatic heterocycles. The van der Waals surface area contributed by atoms with Crippen molar-refractivity contribution >= 4 is 0 Å². The van der Waals surface area contributed by atoms with E-state index in [0.717, 1.165) is 28.5 Å². The van der Waals surface area contributed by atoms with Crippen molar-refractivity contribution in [2.75, 3.05) is 6.61 Å². The van der Waals surface area contributed by atoms with E-state index in [1.807, 2.05) is 32.0 Å². The van der Waals surface area contributed by atoms with Gasteiger partial charge in [-0.15, -0.1) is 0 Å². The van der Waals surface area contributed by atoms with Gasteiger partial charge in [0.25, 0.3) is 0 Å². The first-order chi connectivity index (χ1) is 10.7. The molecule has 0 bridgehead atoms. The van der Waals surface area contributed by atoms with Crippen molar-refractivity contribution in [3.8, 4) is 22.8 Å². The predicted octanol–water partition coefficient (Wildman–Crippen LogP) is 4.55. The zero-order chi connectivity index (χ0) is 15.5. The van der Waals surface area contributed by atoms with Gasteiger partial charge < -0.3 is 4.74 Å². The van der Waals surface area contributed by atoms with Crippen LogP contribution in [0.25, 0.3) is 17.1 Å². The summed E-state index contributed by atoms with van der Waals surface area (Å²) in [6.45, 7) is 6.76. The lowest BCUT2D eigenvalue weighted by molar-refractivity contribution is 0.340. The minimum atomic E-state index is 0.664. The topological polar surface area (TPSA) is 27.1 Å². The second kappa shape index (κ2) is 6.06. The average molecular weight is 292 g/mol. The molecule has 0 aliphatic carbocycles. The molecule has 3 heteroatoms. The number of nitrogens with zero attached hydrogens (tertiary/aromatic N) is 2. The normalized spacial score (nSPS) is 10.7. The highest BCUT2D eigenvalue weighted by atomic mass is 16.5. The van der Waals surface area contributed by atoms with Gasteiger partial charge in [0.2, 0.25) is 0 Å². The van der Waals surface area contributed by atoms with Crippen LogP contribution in [-0.4, -0.2) is 16.2 Å². The molecule has 22 heavy (non-hydrogen) atoms. The zero-order valence-electron chi connectivity index (χ0n) is 13.2. The molecule has 0 amide bonds. The molecule has 3 rings (SSSR count). The van der Waals surface area contributed by atoms with Crippen LogP contribution in [-0.2, 0) is 0 Å². The molecule has 0 N–H and O–H groups in total. The molecular weight excluding hydrogens is 272 g/mol. The lowest BCUT2D eigenvalue weighted by atomic mass is 10.1. The van der Waals surface area contributed by atoms with E-state index in [1.54, 1.807) is 0 Å². The minimum Gasteiger partial charge on any atom is -0.494 e. The summed E-state index contributed by atoms with van der Waals surface area (Å²) < 4.78 is 7.72. The first kappa shape index (κ1) is 14.4. The fraction of sp³-hybridized carbons (Fsp3) is 0.211. The van der Waals surface area contributed by atoms with Crippen LogP contribution < -0.4 is 4.74 Å². The summed E-state index contributed by atoms with van der Waals surface area (Å²) in [5.74, 6) is 1.83. The molecular formula is C19H20N2O. The van der Waals surface area contributed by atoms with Gasteiger partial charge in [-0.1, -0.05) is 35.9 Å². The van der Waals surface area contributed by atoms with Crippen molar-refractivity contribution in [3.63, 3.8) is 0 Å². The van der Waals surface area contributed by atoms with Gasteiger partial charge in [0.15, 0.2) is 0 Å². The van der Waals surface area contributed by atoms with E-state index in [2.05, 4.69) is 53.0 Å². The van der Waals surface area contributed by atoms with Crippen molar-refractivity contribution in [2.45, 2.75) is 20.8 Å². The Morgan fingerprint density at radius 1 is 1.05 bits per heavy atom. The van der Waals surface area contributed by atoms with Crippen molar-refractivity contribution in [1.29, 1.82) is 0 Å². The zero-order valence-corrected chi connectivity index (χ0v) is 13.2. The Morgan fingerprint density at radius 2 is 1.82 bits per heavy atom. The molecule has 0 unspecified atom stereocenters. The van der Waals surface area contributed by atoms with Gasteiger partial charge in [-0.05, 0) is 32.9 Å². The summed E-state index contributed by atoms with van der Waals surface area (Å²) >= 11 is 0. The van der Waals surface area contributed by atoms with Crippen LogP contribution in [0.3, 0.4) is 0 Å². The molecule has 3 aromatic rings. The summed E-state index contributed by atoms with van der Waals surface area (Å²) in [5.41, 5.74) is 4.41. The van der Waals surface area contributed by atoms with Crippen LogP contribution in [0.2, 0.25) is 0 Å². The van der Waals surface area contributed by atoms with Crippen LogP contribution >= 0.6 is 0 Å². The van der Waals surface area contributed by atoms with Gasteiger partial charge in [-0.25, -0.2) is 4.98 Å². The van der Waals surface area contributed by atoms with Crippen molar-refractivity contribution in [1.82, 2.24) is 9.55 Å². The third-order valence-electron chi connectivity index (χ3n) is 3.54. The van der Waals surface area contributed by atoms with Gasteiger partial charge in [0.1, 0.15) is 11.6 Å². The van der Waals surface area contributed by atoms with E-state index in [9.17, 15) is 0 Å². The number of imidazole rings is 1. The van der Waals surface area contributed by atoms with Gasteiger partial charge >= 0.3 is 0 Å². The monoisotopic (exact) mass is 292 g/mol. The molecule has 2 aromatic carbocycles. The third-order valence-corrected chi connectivity index (χ3v) is 3.54. The average Bonchev–Trinajstić information content (AvgIpc) is 2.91. The van der Waals surface area contributed by atoms with Crippen LogP contribution in [0.1, 0.15) is 18.2 Å². The molecule has 0 radical (unpaired) electrons. The fourth-order valence-corrected chi connectivity index (χ4v) is 2.49. The summed E-state index contributed by atoms with van der Waals surface area (Å²) in [4.78, 5) is 4.68. The number of benzene rings is 2. The van der Waals surface area contributed by atoms with Crippen molar-refractivity contribution in [2.24, 2.45) is 0 Å². The van der Waals surface area contributed by atoms with E-state index in [-0.39, 0.29) is 0 Å². The second-order valence-corrected chi connectivity index (χ2v) is 5.37. The SMILES string of the molecule is CCOc1cccc(-n2cc(C)nc2-c2ccc(C)cc2)c1. The van der Waals surface area contributed by atoms with E-state index >= 15 is 0 Å². The Morgan fingerprint density at radius 3 is 2.55 bits per heavy atom. The molecule has 0 saturated carbocycles. The molecule has 0 spiro atoms. The highest BCUT2D eigenvalue weighted by Crippen LogP contribution is 2.25. The van der Waals surface area contributed by atoms with Crippen molar-refractivity contribution in [3.05, 3.63) is 66.0 Å². The van der Waals surface area contributed by atoms with Gasteiger partial charge in [0, 0.05) is 17.8 Å². The first-order valence-corrected chi connectivity index (χ1v) is 7.53. The smallest absolute Gasteiger partial charge is 0.144 e. The number of ether oxygens (including phenoxy) is 1. The van der Waals surface area contributed by atoms with Gasteiger partial charge in [-0.2, -0.15) is 0 Å². The number of rotatable bonds is 4. The number of aryl methyl sites for hydroxylation is 2. The molecule has 0 fully saturated rings. The van der Waals surface area contributed by atoms with Gasteiger partial charge in [-0.3, -0.25) is 4.57 Å². The second-order valence-electron chi connectivity index (χ2n) is 5.37. The summed E-state index contributed by atoms with van der Waals surface area (Å²) in [5, 5.41) is 0. The molecule has 0 aliphatic heterocycles. The predicted molar refractivity (Wildman–Crippen MR) is 89.6 cm³/mol. The van der Waals surface area contributed by atoms with E-state index in [4.69, 9.17) is 4.74 Å². The summed E-state index contributed by atoms with van der Waals surface area (Å²) in [7, 11) is 0. The molecule has 0 atom stereocenters. The van der Waals surface area contributed by atoms with E-state index in [1.165, 1.54) is 5.56 Å². The number of hydrogen-bond acceptors (Lipinski definition) is 2. The highest BCUT2D eigenvalue weighted by molar-refractivity contribution is 5.60. The van der Waals surface area contributed by atoms with E-state index < -0.39 is 0 Å². The maximum atomic E-state index is 5.60. The molecule has 1 heterocycles. The molecule has 112 valence electrons. The lowest BCUT2D eigenvalue weighted by Gasteiger charge is -2.10. The first-order valence-electron chi connectivity index (χ1n) is 7.53. The highest BCUT2D eigenvalue weighted by Gasteiger charge is 2.10. The van der Waals surface area contributed by atoms with Crippen molar-refractivity contribution < 1.29 is 4.74 Å². The quantitative estimate of drug-likeness (QED) is 0.705. The fourth-order valence-electron chi connectivity index (χ4n) is 2.49. The maximum absolute atomic E-state index is 5.60. The standard InChI is InChI=1S/C19H20N2O/c1-4-22-18-7-5-6-17(12-18)21-13-15(3)20-19(21)16-10-8-14(2)9-11-16/h5-13H,4H2,1-3H3. The van der Waals surface area contributed by atoms with Crippen LogP contribution in [0.15, 0.2) is 54.7 Å². The largest absolute Gasteiger partial charge is 0.494 e. The summed E-state index contributed by atoms with van der Waals surface area (Å²) in [6, 6.07) is 16.5. The Labute approximate surface area is 131 Å². The molecule has 0 aliphatic rings. The molecule has 3 nitrogen and oxygen atoms in total.